The number of hydrogen-bond donors (Lipinski definition) is 2. The second-order valence-corrected chi connectivity index (χ2v) is 12.8. The van der Waals surface area contributed by atoms with Gasteiger partial charge in [0.2, 0.25) is 5.91 Å². The zero-order chi connectivity index (χ0) is 27.5. The predicted octanol–water partition coefficient (Wildman–Crippen LogP) is 2.58. The molecule has 1 aromatic carbocycles. The van der Waals surface area contributed by atoms with E-state index < -0.39 is 56.8 Å². The lowest BCUT2D eigenvalue weighted by Crippen LogP contribution is -2.54. The molecule has 2 atom stereocenters. The number of hydrogen-bond acceptors (Lipinski definition) is 8. The lowest BCUT2D eigenvalue weighted by Gasteiger charge is -2.31. The number of nitrogens with one attached hydrogen (secondary N) is 1. The Balaban J connectivity index is 2.00. The Morgan fingerprint density at radius 3 is 2.49 bits per heavy atom. The van der Waals surface area contributed by atoms with E-state index in [2.05, 4.69) is 5.32 Å². The number of sulfonamides is 1. The summed E-state index contributed by atoms with van der Waals surface area (Å²) in [6, 6.07) is 6.89. The van der Waals surface area contributed by atoms with Crippen molar-refractivity contribution in [2.75, 3.05) is 13.1 Å². The highest BCUT2D eigenvalue weighted by Gasteiger charge is 2.47. The number of nitrogens with zero attached hydrogens (tertiary/aromatic N) is 3. The molecule has 14 heteroatoms. The molecular weight excluding hydrogens is 524 g/mol. The Morgan fingerprint density at radius 1 is 1.22 bits per heavy atom. The van der Waals surface area contributed by atoms with Gasteiger partial charge in [-0.1, -0.05) is 39.0 Å². The standard InChI is InChI=1S/C23H28N4O8S2/c1-23(2,3)14-18(28)25-9-10-26(37(34,35)20-8-5-11-36-20)22(25)21(31)24-17(13-19(29)30)15-6-4-7-16(12-15)27(32)33/h4-8,11-12,17,22H,9-10,13-14H2,1-3H3,(H,24,31)(H,29,30). The van der Waals surface area contributed by atoms with Crippen LogP contribution in [0.3, 0.4) is 0 Å². The molecule has 1 saturated heterocycles. The number of carbonyl (C=O) groups is 3. The molecule has 2 unspecified atom stereocenters. The fourth-order valence-electron chi connectivity index (χ4n) is 4.00. The molecule has 1 aliphatic rings. The van der Waals surface area contributed by atoms with Crippen LogP contribution in [0.15, 0.2) is 46.0 Å². The molecule has 1 fully saturated rings. The number of rotatable bonds is 9. The molecule has 0 bridgehead atoms. The molecule has 0 aliphatic carbocycles. The Kier molecular flexibility index (Phi) is 8.35. The van der Waals surface area contributed by atoms with Gasteiger partial charge in [-0.2, -0.15) is 4.31 Å². The third-order valence-corrected chi connectivity index (χ3v) is 8.83. The smallest absolute Gasteiger partial charge is 0.305 e. The first-order valence-corrected chi connectivity index (χ1v) is 13.6. The molecule has 12 nitrogen and oxygen atoms in total. The van der Waals surface area contributed by atoms with Gasteiger partial charge in [0.15, 0.2) is 6.17 Å². The Bertz CT molecular complexity index is 1290. The average molecular weight is 553 g/mol. The van der Waals surface area contributed by atoms with Crippen molar-refractivity contribution in [1.29, 1.82) is 0 Å². The quantitative estimate of drug-likeness (QED) is 0.353. The van der Waals surface area contributed by atoms with Crippen LogP contribution in [0, 0.1) is 15.5 Å². The number of amides is 2. The fraction of sp³-hybridized carbons (Fsp3) is 0.435. The van der Waals surface area contributed by atoms with Crippen LogP contribution in [-0.4, -0.2) is 64.7 Å². The molecule has 2 amide bonds. The maximum absolute atomic E-state index is 13.6. The van der Waals surface area contributed by atoms with Gasteiger partial charge in [-0.15, -0.1) is 11.3 Å². The van der Waals surface area contributed by atoms with Gasteiger partial charge in [-0.25, -0.2) is 8.42 Å². The van der Waals surface area contributed by atoms with Crippen LogP contribution in [0.25, 0.3) is 0 Å². The Morgan fingerprint density at radius 2 is 1.92 bits per heavy atom. The molecular formula is C23H28N4O8S2. The summed E-state index contributed by atoms with van der Waals surface area (Å²) >= 11 is 0.967. The summed E-state index contributed by atoms with van der Waals surface area (Å²) in [6.45, 7) is 5.34. The van der Waals surface area contributed by atoms with E-state index in [1.807, 2.05) is 20.8 Å². The summed E-state index contributed by atoms with van der Waals surface area (Å²) in [4.78, 5) is 50.0. The normalized spacial score (nSPS) is 17.4. The number of nitro benzene ring substituents is 1. The minimum atomic E-state index is -4.15. The highest BCUT2D eigenvalue weighted by Crippen LogP contribution is 2.31. The van der Waals surface area contributed by atoms with E-state index in [1.54, 1.807) is 11.4 Å². The minimum absolute atomic E-state index is 0.00353. The molecule has 3 rings (SSSR count). The largest absolute Gasteiger partial charge is 0.481 e. The van der Waals surface area contributed by atoms with E-state index in [9.17, 15) is 38.0 Å². The van der Waals surface area contributed by atoms with E-state index in [0.717, 1.165) is 21.7 Å². The third kappa shape index (κ3) is 6.70. The monoisotopic (exact) mass is 552 g/mol. The highest BCUT2D eigenvalue weighted by molar-refractivity contribution is 7.91. The van der Waals surface area contributed by atoms with Crippen molar-refractivity contribution in [3.05, 3.63) is 57.5 Å². The number of aliphatic carboxylic acids is 1. The summed E-state index contributed by atoms with van der Waals surface area (Å²) in [7, 11) is -4.15. The average Bonchev–Trinajstić information content (AvgIpc) is 3.48. The second kappa shape index (κ2) is 10.9. The number of non-ortho nitro benzene ring substituents is 1. The number of carbonyl (C=O) groups excluding carboxylic acids is 2. The van der Waals surface area contributed by atoms with Crippen LogP contribution in [0.5, 0.6) is 0 Å². The molecule has 2 N–H and O–H groups in total. The van der Waals surface area contributed by atoms with Crippen molar-refractivity contribution in [2.24, 2.45) is 5.41 Å². The summed E-state index contributed by atoms with van der Waals surface area (Å²) < 4.78 is 27.7. The van der Waals surface area contributed by atoms with Gasteiger partial charge in [0.05, 0.1) is 17.4 Å². The van der Waals surface area contributed by atoms with Gasteiger partial charge >= 0.3 is 5.97 Å². The van der Waals surface area contributed by atoms with Crippen LogP contribution < -0.4 is 5.32 Å². The van der Waals surface area contributed by atoms with Gasteiger partial charge in [0.1, 0.15) is 4.21 Å². The number of nitro groups is 1. The van der Waals surface area contributed by atoms with Gasteiger partial charge < -0.3 is 15.3 Å². The first kappa shape index (κ1) is 28.2. The first-order chi connectivity index (χ1) is 17.2. The number of carboxylic acids is 1. The summed E-state index contributed by atoms with van der Waals surface area (Å²) in [5.74, 6) is -2.62. The van der Waals surface area contributed by atoms with E-state index in [-0.39, 0.29) is 35.0 Å². The van der Waals surface area contributed by atoms with E-state index in [1.165, 1.54) is 29.2 Å². The Labute approximate surface area is 218 Å². The molecule has 0 saturated carbocycles. The van der Waals surface area contributed by atoms with Crippen molar-refractivity contribution >= 4 is 44.8 Å². The minimum Gasteiger partial charge on any atom is -0.481 e. The number of thiophene rings is 1. The van der Waals surface area contributed by atoms with Crippen LogP contribution in [0.1, 0.15) is 45.2 Å². The van der Waals surface area contributed by atoms with Crippen LogP contribution in [0.4, 0.5) is 5.69 Å². The maximum Gasteiger partial charge on any atom is 0.305 e. The fourth-order valence-corrected chi connectivity index (χ4v) is 6.67. The highest BCUT2D eigenvalue weighted by atomic mass is 32.2. The lowest BCUT2D eigenvalue weighted by atomic mass is 9.91. The van der Waals surface area contributed by atoms with Gasteiger partial charge in [-0.05, 0) is 22.4 Å². The second-order valence-electron chi connectivity index (χ2n) is 9.76. The van der Waals surface area contributed by atoms with Crippen molar-refractivity contribution in [1.82, 2.24) is 14.5 Å². The maximum atomic E-state index is 13.6. The van der Waals surface area contributed by atoms with Crippen LogP contribution in [-0.2, 0) is 24.4 Å². The van der Waals surface area contributed by atoms with Gasteiger partial charge in [0.25, 0.3) is 21.6 Å². The first-order valence-electron chi connectivity index (χ1n) is 11.3. The SMILES string of the molecule is CC(C)(C)CC(=O)N1CCN(S(=O)(=O)c2cccs2)C1C(=O)NC(CC(=O)O)c1cccc([N+](=O)[O-])c1. The van der Waals surface area contributed by atoms with Crippen molar-refractivity contribution in [3.8, 4) is 0 Å². The van der Waals surface area contributed by atoms with Crippen molar-refractivity contribution in [2.45, 2.75) is 50.0 Å². The number of carboxylic acid groups (broad SMARTS) is 1. The third-order valence-electron chi connectivity index (χ3n) is 5.60. The summed E-state index contributed by atoms with van der Waals surface area (Å²) in [6.07, 6.45) is -2.13. The van der Waals surface area contributed by atoms with E-state index in [0.29, 0.717) is 0 Å². The topological polar surface area (TPSA) is 167 Å². The van der Waals surface area contributed by atoms with Gasteiger partial charge in [-0.3, -0.25) is 24.5 Å². The van der Waals surface area contributed by atoms with Crippen molar-refractivity contribution < 1.29 is 32.8 Å². The summed E-state index contributed by atoms with van der Waals surface area (Å²) in [5.41, 5.74) is -0.581. The van der Waals surface area contributed by atoms with E-state index in [4.69, 9.17) is 0 Å². The number of benzene rings is 1. The predicted molar refractivity (Wildman–Crippen MR) is 134 cm³/mol. The molecule has 1 aliphatic heterocycles. The Hall–Kier alpha value is -3.36. The van der Waals surface area contributed by atoms with Crippen LogP contribution >= 0.6 is 11.3 Å². The zero-order valence-electron chi connectivity index (χ0n) is 20.5. The molecule has 0 radical (unpaired) electrons. The van der Waals surface area contributed by atoms with Crippen LogP contribution in [0.2, 0.25) is 0 Å². The molecule has 1 aromatic heterocycles. The molecule has 200 valence electrons. The molecule has 0 spiro atoms. The molecule has 2 heterocycles. The molecule has 2 aromatic rings. The zero-order valence-corrected chi connectivity index (χ0v) is 22.1. The van der Waals surface area contributed by atoms with Gasteiger partial charge in [0, 0.05) is 31.6 Å². The van der Waals surface area contributed by atoms with E-state index >= 15 is 0 Å². The lowest BCUT2D eigenvalue weighted by molar-refractivity contribution is -0.384. The van der Waals surface area contributed by atoms with Crippen molar-refractivity contribution in [3.63, 3.8) is 0 Å². The summed E-state index contributed by atoms with van der Waals surface area (Å²) in [5, 5.41) is 24.7. The molecule has 37 heavy (non-hydrogen) atoms.